The molecule has 0 radical (unpaired) electrons. The molecular weight excluding hydrogens is 373 g/mol. The van der Waals surface area contributed by atoms with Gasteiger partial charge in [-0.25, -0.2) is 0 Å². The third-order valence-electron chi connectivity index (χ3n) is 4.39. The highest BCUT2D eigenvalue weighted by Crippen LogP contribution is 2.35. The summed E-state index contributed by atoms with van der Waals surface area (Å²) in [5.41, 5.74) is -0.235. The summed E-state index contributed by atoms with van der Waals surface area (Å²) in [5.74, 6) is 0.702. The number of alkyl halides is 3. The highest BCUT2D eigenvalue weighted by Gasteiger charge is 2.34. The molecule has 0 atom stereocenters. The van der Waals surface area contributed by atoms with Crippen molar-refractivity contribution in [3.8, 4) is 0 Å². The number of aryl methyl sites for hydroxylation is 1. The number of rotatable bonds is 5. The number of anilines is 1. The van der Waals surface area contributed by atoms with E-state index in [1.54, 1.807) is 25.1 Å². The van der Waals surface area contributed by atoms with Crippen LogP contribution < -0.4 is 10.2 Å². The summed E-state index contributed by atoms with van der Waals surface area (Å²) in [5, 5.41) is 2.49. The molecule has 1 saturated heterocycles. The fraction of sp³-hybridized carbons (Fsp3) is 0.350. The molecule has 5 nitrogen and oxygen atoms in total. The number of benzene rings is 1. The van der Waals surface area contributed by atoms with E-state index in [1.165, 1.54) is 18.2 Å². The molecule has 0 spiro atoms. The van der Waals surface area contributed by atoms with E-state index in [9.17, 15) is 18.0 Å². The van der Waals surface area contributed by atoms with Gasteiger partial charge in [0, 0.05) is 31.4 Å². The van der Waals surface area contributed by atoms with Gasteiger partial charge in [0.25, 0.3) is 0 Å². The molecule has 2 aromatic rings. The second-order valence-electron chi connectivity index (χ2n) is 6.44. The van der Waals surface area contributed by atoms with Crippen LogP contribution in [-0.4, -0.2) is 32.2 Å². The number of amides is 1. The minimum atomic E-state index is -4.51. The maximum Gasteiger partial charge on any atom is 0.416 e. The Balaban J connectivity index is 1.69. The van der Waals surface area contributed by atoms with Gasteiger partial charge < -0.3 is 19.4 Å². The summed E-state index contributed by atoms with van der Waals surface area (Å²) in [7, 11) is 0. The standard InChI is InChI=1S/C20H21F3N2O3/c1-14-2-5-17(28-14)6-7-19(26)24-13-15-3-4-16(12-18(15)20(21,22)23)25-8-10-27-11-9-25/h2-7,12H,8-11,13H2,1H3,(H,24,26)/b7-6+. The molecule has 0 bridgehead atoms. The van der Waals surface area contributed by atoms with E-state index in [1.807, 2.05) is 4.90 Å². The van der Waals surface area contributed by atoms with Crippen molar-refractivity contribution in [1.29, 1.82) is 0 Å². The molecule has 0 aliphatic carbocycles. The Hall–Kier alpha value is -2.74. The second kappa shape index (κ2) is 8.52. The number of hydrogen-bond acceptors (Lipinski definition) is 4. The molecule has 1 aliphatic heterocycles. The van der Waals surface area contributed by atoms with Gasteiger partial charge in [-0.05, 0) is 42.8 Å². The van der Waals surface area contributed by atoms with E-state index in [-0.39, 0.29) is 12.1 Å². The van der Waals surface area contributed by atoms with E-state index >= 15 is 0 Å². The van der Waals surface area contributed by atoms with Gasteiger partial charge in [-0.3, -0.25) is 4.79 Å². The van der Waals surface area contributed by atoms with Crippen LogP contribution in [0.1, 0.15) is 22.6 Å². The van der Waals surface area contributed by atoms with E-state index in [0.717, 1.165) is 6.07 Å². The predicted octanol–water partition coefficient (Wildman–Crippen LogP) is 3.77. The molecule has 3 rings (SSSR count). The first-order valence-electron chi connectivity index (χ1n) is 8.88. The van der Waals surface area contributed by atoms with Crippen molar-refractivity contribution in [3.63, 3.8) is 0 Å². The van der Waals surface area contributed by atoms with E-state index in [4.69, 9.17) is 9.15 Å². The van der Waals surface area contributed by atoms with Gasteiger partial charge in [-0.1, -0.05) is 6.07 Å². The summed E-state index contributed by atoms with van der Waals surface area (Å²) in [4.78, 5) is 13.8. The summed E-state index contributed by atoms with van der Waals surface area (Å²) in [6.07, 6.45) is -1.81. The first kappa shape index (κ1) is 20.0. The van der Waals surface area contributed by atoms with Crippen molar-refractivity contribution in [2.24, 2.45) is 0 Å². The summed E-state index contributed by atoms with van der Waals surface area (Å²) in [6.45, 7) is 3.62. The molecular formula is C20H21F3N2O3. The van der Waals surface area contributed by atoms with Crippen LogP contribution in [0.2, 0.25) is 0 Å². The molecule has 8 heteroatoms. The van der Waals surface area contributed by atoms with Crippen LogP contribution in [0.15, 0.2) is 40.8 Å². The number of hydrogen-bond donors (Lipinski definition) is 1. The average molecular weight is 394 g/mol. The first-order valence-corrected chi connectivity index (χ1v) is 8.88. The average Bonchev–Trinajstić information content (AvgIpc) is 3.10. The van der Waals surface area contributed by atoms with Crippen molar-refractivity contribution < 1.29 is 27.1 Å². The molecule has 2 heterocycles. The molecule has 0 saturated carbocycles. The number of halogens is 3. The molecule has 28 heavy (non-hydrogen) atoms. The Morgan fingerprint density at radius 3 is 2.61 bits per heavy atom. The fourth-order valence-electron chi connectivity index (χ4n) is 2.94. The Labute approximate surface area is 160 Å². The van der Waals surface area contributed by atoms with E-state index in [2.05, 4.69) is 5.32 Å². The van der Waals surface area contributed by atoms with Crippen LogP contribution in [0.4, 0.5) is 18.9 Å². The maximum atomic E-state index is 13.5. The van der Waals surface area contributed by atoms with E-state index < -0.39 is 17.6 Å². The molecule has 150 valence electrons. The smallest absolute Gasteiger partial charge is 0.416 e. The molecule has 1 aromatic carbocycles. The Bertz CT molecular complexity index is 853. The highest BCUT2D eigenvalue weighted by atomic mass is 19.4. The molecule has 1 aromatic heterocycles. The largest absolute Gasteiger partial charge is 0.462 e. The SMILES string of the molecule is Cc1ccc(/C=C/C(=O)NCc2ccc(N3CCOCC3)cc2C(F)(F)F)o1. The van der Waals surface area contributed by atoms with Crippen molar-refractivity contribution in [3.05, 3.63) is 59.1 Å². The number of furan rings is 1. The van der Waals surface area contributed by atoms with Crippen LogP contribution in [0.5, 0.6) is 0 Å². The van der Waals surface area contributed by atoms with Crippen LogP contribution in [0, 0.1) is 6.92 Å². The van der Waals surface area contributed by atoms with Gasteiger partial charge in [0.2, 0.25) is 5.91 Å². The van der Waals surface area contributed by atoms with Crippen molar-refractivity contribution in [2.45, 2.75) is 19.6 Å². The second-order valence-corrected chi connectivity index (χ2v) is 6.44. The Kier molecular flexibility index (Phi) is 6.08. The fourth-order valence-corrected chi connectivity index (χ4v) is 2.94. The molecule has 1 N–H and O–H groups in total. The maximum absolute atomic E-state index is 13.5. The Morgan fingerprint density at radius 2 is 1.96 bits per heavy atom. The quantitative estimate of drug-likeness (QED) is 0.785. The molecule has 1 amide bonds. The molecule has 1 fully saturated rings. The zero-order chi connectivity index (χ0) is 20.1. The number of carbonyl (C=O) groups is 1. The van der Waals surface area contributed by atoms with Crippen molar-refractivity contribution >= 4 is 17.7 Å². The minimum Gasteiger partial charge on any atom is -0.462 e. The van der Waals surface area contributed by atoms with Gasteiger partial charge in [-0.15, -0.1) is 0 Å². The summed E-state index contributed by atoms with van der Waals surface area (Å²) >= 11 is 0. The van der Waals surface area contributed by atoms with Gasteiger partial charge in [0.15, 0.2) is 0 Å². The lowest BCUT2D eigenvalue weighted by Crippen LogP contribution is -2.36. The van der Waals surface area contributed by atoms with Crippen LogP contribution in [0.25, 0.3) is 6.08 Å². The van der Waals surface area contributed by atoms with Crippen LogP contribution in [0.3, 0.4) is 0 Å². The molecule has 0 unspecified atom stereocenters. The zero-order valence-electron chi connectivity index (χ0n) is 15.4. The van der Waals surface area contributed by atoms with Gasteiger partial charge in [-0.2, -0.15) is 13.2 Å². The topological polar surface area (TPSA) is 54.7 Å². The number of ether oxygens (including phenoxy) is 1. The normalized spacial score (nSPS) is 15.2. The monoisotopic (exact) mass is 394 g/mol. The Morgan fingerprint density at radius 1 is 1.21 bits per heavy atom. The number of carbonyl (C=O) groups excluding carboxylic acids is 1. The van der Waals surface area contributed by atoms with Crippen LogP contribution in [-0.2, 0) is 22.3 Å². The lowest BCUT2D eigenvalue weighted by atomic mass is 10.0. The third kappa shape index (κ3) is 5.16. The predicted molar refractivity (Wildman–Crippen MR) is 98.8 cm³/mol. The minimum absolute atomic E-state index is 0.0140. The summed E-state index contributed by atoms with van der Waals surface area (Å²) in [6, 6.07) is 7.64. The molecule has 1 aliphatic rings. The zero-order valence-corrected chi connectivity index (χ0v) is 15.4. The van der Waals surface area contributed by atoms with Crippen molar-refractivity contribution in [2.75, 3.05) is 31.2 Å². The third-order valence-corrected chi connectivity index (χ3v) is 4.39. The summed E-state index contributed by atoms with van der Waals surface area (Å²) < 4.78 is 51.1. The lowest BCUT2D eigenvalue weighted by Gasteiger charge is -2.29. The van der Waals surface area contributed by atoms with Crippen LogP contribution >= 0.6 is 0 Å². The number of nitrogens with zero attached hydrogens (tertiary/aromatic N) is 1. The highest BCUT2D eigenvalue weighted by molar-refractivity contribution is 5.91. The first-order chi connectivity index (χ1) is 13.3. The number of nitrogens with one attached hydrogen (secondary N) is 1. The van der Waals surface area contributed by atoms with Gasteiger partial charge in [0.1, 0.15) is 11.5 Å². The van der Waals surface area contributed by atoms with Crippen molar-refractivity contribution in [1.82, 2.24) is 5.32 Å². The lowest BCUT2D eigenvalue weighted by molar-refractivity contribution is -0.138. The van der Waals surface area contributed by atoms with Gasteiger partial charge in [0.05, 0.1) is 18.8 Å². The van der Waals surface area contributed by atoms with E-state index in [0.29, 0.717) is 43.5 Å². The number of morpholine rings is 1. The van der Waals surface area contributed by atoms with Gasteiger partial charge >= 0.3 is 6.18 Å².